The molecule has 44 heavy (non-hydrogen) atoms. The maximum atomic E-state index is 14.4. The summed E-state index contributed by atoms with van der Waals surface area (Å²) in [4.78, 5) is 29.6. The lowest BCUT2D eigenvalue weighted by Crippen LogP contribution is -2.56. The molecule has 0 aliphatic heterocycles. The number of rotatable bonds is 11. The Kier molecular flexibility index (Phi) is 10.4. The number of halogens is 2. The second-order valence-electron chi connectivity index (χ2n) is 11.4. The molecule has 0 saturated heterocycles. The number of benzene rings is 4. The van der Waals surface area contributed by atoms with Crippen molar-refractivity contribution in [2.45, 2.75) is 50.2 Å². The van der Waals surface area contributed by atoms with Gasteiger partial charge >= 0.3 is 0 Å². The minimum Gasteiger partial charge on any atom is -0.350 e. The number of nitrogens with one attached hydrogen (secondary N) is 1. The smallest absolute Gasteiger partial charge is 0.264 e. The Hall–Kier alpha value is -4.21. The van der Waals surface area contributed by atoms with Gasteiger partial charge < -0.3 is 10.2 Å². The van der Waals surface area contributed by atoms with Gasteiger partial charge in [-0.15, -0.1) is 0 Å². The van der Waals surface area contributed by atoms with Crippen molar-refractivity contribution < 1.29 is 22.4 Å². The third-order valence-corrected chi connectivity index (χ3v) is 8.80. The SMILES string of the molecule is CC(C)(C)NC(=O)C(Cc1ccccc1)N(Cc1ccc(F)cc1)C(=O)CN(c1ccc(Cl)cc1)S(=O)(=O)c1ccccc1. The third-order valence-electron chi connectivity index (χ3n) is 6.76. The molecular weight excluding hydrogens is 601 g/mol. The van der Waals surface area contributed by atoms with E-state index in [-0.39, 0.29) is 23.5 Å². The molecule has 1 N–H and O–H groups in total. The number of carbonyl (C=O) groups is 2. The van der Waals surface area contributed by atoms with Crippen LogP contribution in [0.15, 0.2) is 114 Å². The van der Waals surface area contributed by atoms with Crippen LogP contribution in [0.1, 0.15) is 31.9 Å². The Bertz CT molecular complexity index is 1660. The molecule has 1 unspecified atom stereocenters. The lowest BCUT2D eigenvalue weighted by Gasteiger charge is -2.35. The average molecular weight is 636 g/mol. The predicted octanol–water partition coefficient (Wildman–Crippen LogP) is 6.23. The van der Waals surface area contributed by atoms with Gasteiger partial charge in [-0.05, 0) is 80.4 Å². The van der Waals surface area contributed by atoms with E-state index in [1.807, 2.05) is 51.1 Å². The first-order valence-corrected chi connectivity index (χ1v) is 15.9. The standard InChI is InChI=1S/C34H35ClFN3O4S/c1-34(2,3)37-33(41)31(22-25-10-6-4-7-11-25)38(23-26-14-18-28(36)19-15-26)32(40)24-39(29-20-16-27(35)17-21-29)44(42,43)30-12-8-5-9-13-30/h4-21,31H,22-24H2,1-3H3,(H,37,41). The maximum absolute atomic E-state index is 14.4. The van der Waals surface area contributed by atoms with Crippen molar-refractivity contribution >= 4 is 39.1 Å². The number of anilines is 1. The number of amides is 2. The van der Waals surface area contributed by atoms with E-state index in [1.165, 1.54) is 53.4 Å². The van der Waals surface area contributed by atoms with E-state index < -0.39 is 45.8 Å². The van der Waals surface area contributed by atoms with Crippen LogP contribution in [0.4, 0.5) is 10.1 Å². The van der Waals surface area contributed by atoms with Crippen LogP contribution >= 0.6 is 11.6 Å². The quantitative estimate of drug-likeness (QED) is 0.212. The largest absolute Gasteiger partial charge is 0.350 e. The highest BCUT2D eigenvalue weighted by Crippen LogP contribution is 2.26. The van der Waals surface area contributed by atoms with Gasteiger partial charge in [-0.2, -0.15) is 0 Å². The third kappa shape index (κ3) is 8.67. The fourth-order valence-electron chi connectivity index (χ4n) is 4.65. The minimum absolute atomic E-state index is 0.000791. The highest BCUT2D eigenvalue weighted by Gasteiger charge is 2.35. The van der Waals surface area contributed by atoms with Crippen molar-refractivity contribution in [1.29, 1.82) is 0 Å². The van der Waals surface area contributed by atoms with E-state index in [9.17, 15) is 22.4 Å². The zero-order chi connectivity index (χ0) is 31.9. The van der Waals surface area contributed by atoms with Gasteiger partial charge in [0.1, 0.15) is 18.4 Å². The van der Waals surface area contributed by atoms with Crippen LogP contribution in [-0.2, 0) is 32.6 Å². The second-order valence-corrected chi connectivity index (χ2v) is 13.7. The molecule has 0 aliphatic rings. The van der Waals surface area contributed by atoms with Gasteiger partial charge in [0.2, 0.25) is 11.8 Å². The zero-order valence-electron chi connectivity index (χ0n) is 24.8. The summed E-state index contributed by atoms with van der Waals surface area (Å²) in [5.74, 6) is -1.46. The molecule has 0 radical (unpaired) electrons. The molecule has 0 aliphatic carbocycles. The average Bonchev–Trinajstić information content (AvgIpc) is 2.99. The maximum Gasteiger partial charge on any atom is 0.264 e. The van der Waals surface area contributed by atoms with Crippen LogP contribution < -0.4 is 9.62 Å². The molecule has 1 atom stereocenters. The second kappa shape index (κ2) is 14.1. The Morgan fingerprint density at radius 1 is 0.818 bits per heavy atom. The molecule has 0 aromatic heterocycles. The molecular formula is C34H35ClFN3O4S. The van der Waals surface area contributed by atoms with Crippen molar-refractivity contribution in [3.63, 3.8) is 0 Å². The van der Waals surface area contributed by atoms with Gasteiger partial charge in [-0.25, -0.2) is 12.8 Å². The predicted molar refractivity (Wildman–Crippen MR) is 171 cm³/mol. The van der Waals surface area contributed by atoms with Crippen LogP contribution in [0.25, 0.3) is 0 Å². The summed E-state index contributed by atoms with van der Waals surface area (Å²) in [5.41, 5.74) is 1.00. The van der Waals surface area contributed by atoms with Crippen molar-refractivity contribution in [2.24, 2.45) is 0 Å². The van der Waals surface area contributed by atoms with Crippen LogP contribution in [-0.4, -0.2) is 43.3 Å². The van der Waals surface area contributed by atoms with Gasteiger partial charge in [-0.3, -0.25) is 13.9 Å². The Labute approximate surface area is 263 Å². The lowest BCUT2D eigenvalue weighted by atomic mass is 10.0. The van der Waals surface area contributed by atoms with Gasteiger partial charge in [-0.1, -0.05) is 72.3 Å². The van der Waals surface area contributed by atoms with Gasteiger partial charge in [0.15, 0.2) is 0 Å². The first-order valence-electron chi connectivity index (χ1n) is 14.1. The molecule has 7 nitrogen and oxygen atoms in total. The highest BCUT2D eigenvalue weighted by molar-refractivity contribution is 7.92. The van der Waals surface area contributed by atoms with E-state index in [1.54, 1.807) is 30.3 Å². The number of carbonyl (C=O) groups excluding carboxylic acids is 2. The molecule has 0 bridgehead atoms. The summed E-state index contributed by atoms with van der Waals surface area (Å²) in [5, 5.41) is 3.38. The fourth-order valence-corrected chi connectivity index (χ4v) is 6.21. The fraction of sp³-hybridized carbons (Fsp3) is 0.235. The van der Waals surface area contributed by atoms with Gasteiger partial charge in [0.05, 0.1) is 10.6 Å². The molecule has 2 amide bonds. The zero-order valence-corrected chi connectivity index (χ0v) is 26.4. The Morgan fingerprint density at radius 2 is 1.39 bits per heavy atom. The van der Waals surface area contributed by atoms with Crippen molar-refractivity contribution in [3.8, 4) is 0 Å². The van der Waals surface area contributed by atoms with Crippen LogP contribution in [0.3, 0.4) is 0 Å². The molecule has 0 heterocycles. The Morgan fingerprint density at radius 3 is 1.95 bits per heavy atom. The first kappa shape index (κ1) is 32.7. The minimum atomic E-state index is -4.22. The summed E-state index contributed by atoms with van der Waals surface area (Å²) in [7, 11) is -4.22. The summed E-state index contributed by atoms with van der Waals surface area (Å²) < 4.78 is 42.7. The summed E-state index contributed by atoms with van der Waals surface area (Å²) in [6, 6.07) is 27.8. The molecule has 0 saturated carbocycles. The monoisotopic (exact) mass is 635 g/mol. The van der Waals surface area contributed by atoms with Gasteiger partial charge in [0, 0.05) is 23.5 Å². The van der Waals surface area contributed by atoms with E-state index in [0.29, 0.717) is 10.6 Å². The van der Waals surface area contributed by atoms with Crippen LogP contribution in [0, 0.1) is 5.82 Å². The lowest BCUT2D eigenvalue weighted by molar-refractivity contribution is -0.140. The van der Waals surface area contributed by atoms with E-state index in [2.05, 4.69) is 5.32 Å². The van der Waals surface area contributed by atoms with Crippen LogP contribution in [0.2, 0.25) is 5.02 Å². The summed E-state index contributed by atoms with van der Waals surface area (Å²) in [6.07, 6.45) is 0.169. The summed E-state index contributed by atoms with van der Waals surface area (Å²) in [6.45, 7) is 4.85. The van der Waals surface area contributed by atoms with Crippen molar-refractivity contribution in [3.05, 3.63) is 131 Å². The topological polar surface area (TPSA) is 86.8 Å². The summed E-state index contributed by atoms with van der Waals surface area (Å²) >= 11 is 6.10. The van der Waals surface area contributed by atoms with Crippen molar-refractivity contribution in [1.82, 2.24) is 10.2 Å². The molecule has 0 fully saturated rings. The molecule has 0 spiro atoms. The molecule has 4 aromatic rings. The Balaban J connectivity index is 1.80. The van der Waals surface area contributed by atoms with Gasteiger partial charge in [0.25, 0.3) is 10.0 Å². The molecule has 230 valence electrons. The number of hydrogen-bond donors (Lipinski definition) is 1. The normalized spacial score (nSPS) is 12.3. The first-order chi connectivity index (χ1) is 20.8. The number of hydrogen-bond acceptors (Lipinski definition) is 4. The molecule has 4 rings (SSSR count). The van der Waals surface area contributed by atoms with E-state index >= 15 is 0 Å². The molecule has 4 aromatic carbocycles. The highest BCUT2D eigenvalue weighted by atomic mass is 35.5. The van der Waals surface area contributed by atoms with Crippen LogP contribution in [0.5, 0.6) is 0 Å². The number of sulfonamides is 1. The number of nitrogens with zero attached hydrogens (tertiary/aromatic N) is 2. The molecule has 10 heteroatoms. The van der Waals surface area contributed by atoms with E-state index in [4.69, 9.17) is 11.6 Å². The van der Waals surface area contributed by atoms with Crippen molar-refractivity contribution in [2.75, 3.05) is 10.8 Å². The van der Waals surface area contributed by atoms with E-state index in [0.717, 1.165) is 9.87 Å².